The van der Waals surface area contributed by atoms with E-state index in [2.05, 4.69) is 0 Å². The Kier molecular flexibility index (Phi) is 14.7. The molecule has 20 heteroatoms. The fraction of sp³-hybridized carbons (Fsp3) is 1.00. The van der Waals surface area contributed by atoms with E-state index in [9.17, 15) is 56.2 Å². The molecule has 13 N–H and O–H groups in total. The van der Waals surface area contributed by atoms with Crippen molar-refractivity contribution in [2.24, 2.45) is 11.7 Å². The lowest BCUT2D eigenvalue weighted by atomic mass is 9.91. The Hall–Kier alpha value is -0.800. The molecule has 48 heavy (non-hydrogen) atoms. The second kappa shape index (κ2) is 17.6. The molecule has 4 saturated heterocycles. The predicted octanol–water partition coefficient (Wildman–Crippen LogP) is -7.07. The van der Waals surface area contributed by atoms with Crippen LogP contribution in [0.15, 0.2) is 0 Å². The van der Waals surface area contributed by atoms with Gasteiger partial charge in [-0.25, -0.2) is 0 Å². The van der Waals surface area contributed by atoms with Gasteiger partial charge in [-0.05, 0) is 19.9 Å². The average Bonchev–Trinajstić information content (AvgIpc) is 3.07. The summed E-state index contributed by atoms with van der Waals surface area (Å²) in [5.74, 6) is -0.736. The Morgan fingerprint density at radius 2 is 1.00 bits per heavy atom. The highest BCUT2D eigenvalue weighted by Gasteiger charge is 2.56. The van der Waals surface area contributed by atoms with Crippen molar-refractivity contribution < 1.29 is 94.1 Å². The molecule has 0 aliphatic carbocycles. The van der Waals surface area contributed by atoms with Crippen LogP contribution in [0.3, 0.4) is 0 Å². The fourth-order valence-corrected chi connectivity index (χ4v) is 6.06. The third-order valence-electron chi connectivity index (χ3n) is 9.12. The quantitative estimate of drug-likeness (QED) is 0.0792. The number of rotatable bonds is 13. The maximum absolute atomic E-state index is 11.3. The van der Waals surface area contributed by atoms with E-state index in [0.717, 1.165) is 0 Å². The Bertz CT molecular complexity index is 968. The van der Waals surface area contributed by atoms with Crippen LogP contribution in [0.1, 0.15) is 20.3 Å². The van der Waals surface area contributed by atoms with Crippen molar-refractivity contribution in [3.63, 3.8) is 0 Å². The van der Waals surface area contributed by atoms with E-state index in [0.29, 0.717) is 13.0 Å². The molecule has 4 heterocycles. The first-order valence-corrected chi connectivity index (χ1v) is 16.0. The molecule has 0 aromatic carbocycles. The molecular formula is C28H51NO19. The highest BCUT2D eigenvalue weighted by molar-refractivity contribution is 4.98. The van der Waals surface area contributed by atoms with E-state index in [1.807, 2.05) is 0 Å². The Balaban J connectivity index is 1.66. The number of ether oxygens (including phenoxy) is 8. The molecular weight excluding hydrogens is 654 g/mol. The molecule has 20 nitrogen and oxygen atoms in total. The monoisotopic (exact) mass is 705 g/mol. The SMILES string of the molecule is CC1O[C@@H](OC2[C@H](O[C@@H]3C(CO)O[C@@H](OCCCN)C(C)[C@H]3O)OC(CO)[C@H](O)[C@@H]2O[C@H]2OC(CO)[C@H](O)[C@H](O)C2O)C(O)[C@@H](O)[C@@H]1O. The minimum Gasteiger partial charge on any atom is -0.394 e. The van der Waals surface area contributed by atoms with Gasteiger partial charge in [0.05, 0.1) is 38.6 Å². The second-order valence-corrected chi connectivity index (χ2v) is 12.5. The number of aliphatic hydroxyl groups excluding tert-OH is 11. The topological polar surface area (TPSA) is 322 Å². The van der Waals surface area contributed by atoms with Gasteiger partial charge in [0.15, 0.2) is 25.2 Å². The van der Waals surface area contributed by atoms with Gasteiger partial charge < -0.3 is 99.8 Å². The van der Waals surface area contributed by atoms with Crippen LogP contribution >= 0.6 is 0 Å². The van der Waals surface area contributed by atoms with Crippen molar-refractivity contribution in [2.45, 2.75) is 137 Å². The number of hydrogen-bond donors (Lipinski definition) is 12. The highest BCUT2D eigenvalue weighted by atomic mass is 16.8. The van der Waals surface area contributed by atoms with Gasteiger partial charge in [0.25, 0.3) is 0 Å². The normalized spacial score (nSPS) is 50.4. The molecule has 0 radical (unpaired) electrons. The standard InChI is InChI=1S/C28H51NO19/c1-9-14(33)22(13(8-32)45-25(9)41-5-3-4-29)46-28-24(48-26-20(39)18(37)15(34)10(2)42-26)23(17(36)12(7-31)44-28)47-27-21(40)19(38)16(35)11(6-30)43-27/h9-28,30-40H,3-8,29H2,1-2H3/t9?,10?,11?,12?,13?,14-,15-,16+,17+,18+,19+,20?,21?,22-,23+,24?,25-,26+,27-,28+/m1/s1. The molecule has 0 amide bonds. The summed E-state index contributed by atoms with van der Waals surface area (Å²) in [6.45, 7) is 1.22. The fourth-order valence-electron chi connectivity index (χ4n) is 6.06. The third kappa shape index (κ3) is 8.45. The van der Waals surface area contributed by atoms with Crippen LogP contribution in [0.5, 0.6) is 0 Å². The molecule has 0 spiro atoms. The van der Waals surface area contributed by atoms with Gasteiger partial charge in [0.1, 0.15) is 79.4 Å². The zero-order valence-electron chi connectivity index (χ0n) is 26.6. The van der Waals surface area contributed by atoms with Crippen LogP contribution in [0.25, 0.3) is 0 Å². The lowest BCUT2D eigenvalue weighted by Gasteiger charge is -2.50. The molecule has 0 bridgehead atoms. The Labute approximate surface area is 276 Å². The van der Waals surface area contributed by atoms with Crippen LogP contribution < -0.4 is 5.73 Å². The van der Waals surface area contributed by atoms with Crippen molar-refractivity contribution >= 4 is 0 Å². The molecule has 0 aromatic rings. The summed E-state index contributed by atoms with van der Waals surface area (Å²) in [7, 11) is 0. The molecule has 282 valence electrons. The molecule has 4 fully saturated rings. The van der Waals surface area contributed by atoms with Gasteiger partial charge in [-0.3, -0.25) is 0 Å². The summed E-state index contributed by atoms with van der Waals surface area (Å²) in [6.07, 6.45) is -29.8. The summed E-state index contributed by atoms with van der Waals surface area (Å²) in [5, 5.41) is 115. The minimum absolute atomic E-state index is 0.208. The van der Waals surface area contributed by atoms with Crippen LogP contribution in [-0.4, -0.2) is 206 Å². The zero-order chi connectivity index (χ0) is 35.4. The maximum atomic E-state index is 11.3. The Morgan fingerprint density at radius 3 is 1.60 bits per heavy atom. The first kappa shape index (κ1) is 40.0. The highest BCUT2D eigenvalue weighted by Crippen LogP contribution is 2.37. The Morgan fingerprint density at radius 1 is 0.500 bits per heavy atom. The van der Waals surface area contributed by atoms with E-state index < -0.39 is 142 Å². The minimum atomic E-state index is -1.94. The van der Waals surface area contributed by atoms with Gasteiger partial charge in [0, 0.05) is 5.92 Å². The van der Waals surface area contributed by atoms with Crippen molar-refractivity contribution in [3.05, 3.63) is 0 Å². The molecule has 8 unspecified atom stereocenters. The molecule has 0 saturated carbocycles. The van der Waals surface area contributed by atoms with Crippen molar-refractivity contribution in [3.8, 4) is 0 Å². The van der Waals surface area contributed by atoms with Crippen molar-refractivity contribution in [2.75, 3.05) is 33.0 Å². The summed E-state index contributed by atoms with van der Waals surface area (Å²) in [4.78, 5) is 0. The lowest BCUT2D eigenvalue weighted by Crippen LogP contribution is -2.68. The largest absolute Gasteiger partial charge is 0.394 e. The predicted molar refractivity (Wildman–Crippen MR) is 153 cm³/mol. The third-order valence-corrected chi connectivity index (χ3v) is 9.12. The maximum Gasteiger partial charge on any atom is 0.187 e. The number of hydrogen-bond acceptors (Lipinski definition) is 20. The lowest BCUT2D eigenvalue weighted by molar-refractivity contribution is -0.403. The zero-order valence-corrected chi connectivity index (χ0v) is 26.6. The molecule has 20 atom stereocenters. The molecule has 4 rings (SSSR count). The second-order valence-electron chi connectivity index (χ2n) is 12.5. The van der Waals surface area contributed by atoms with Gasteiger partial charge >= 0.3 is 0 Å². The average molecular weight is 706 g/mol. The van der Waals surface area contributed by atoms with Gasteiger partial charge in [-0.15, -0.1) is 0 Å². The molecule has 4 aliphatic heterocycles. The summed E-state index contributed by atoms with van der Waals surface area (Å²) in [5.41, 5.74) is 5.52. The summed E-state index contributed by atoms with van der Waals surface area (Å²) < 4.78 is 46.4. The van der Waals surface area contributed by atoms with Gasteiger partial charge in [-0.1, -0.05) is 6.92 Å². The first-order chi connectivity index (χ1) is 22.8. The van der Waals surface area contributed by atoms with Crippen LogP contribution in [-0.2, 0) is 37.9 Å². The van der Waals surface area contributed by atoms with E-state index in [4.69, 9.17) is 43.6 Å². The van der Waals surface area contributed by atoms with E-state index in [1.165, 1.54) is 6.92 Å². The van der Waals surface area contributed by atoms with E-state index >= 15 is 0 Å². The number of aliphatic hydroxyl groups is 11. The smallest absolute Gasteiger partial charge is 0.187 e. The summed E-state index contributed by atoms with van der Waals surface area (Å²) >= 11 is 0. The first-order valence-electron chi connectivity index (χ1n) is 16.0. The van der Waals surface area contributed by atoms with Crippen LogP contribution in [0.2, 0.25) is 0 Å². The number of nitrogens with two attached hydrogens (primary N) is 1. The van der Waals surface area contributed by atoms with Crippen molar-refractivity contribution in [1.82, 2.24) is 0 Å². The van der Waals surface area contributed by atoms with E-state index in [-0.39, 0.29) is 6.61 Å². The van der Waals surface area contributed by atoms with Gasteiger partial charge in [-0.2, -0.15) is 0 Å². The van der Waals surface area contributed by atoms with Crippen LogP contribution in [0.4, 0.5) is 0 Å². The molecule has 4 aliphatic rings. The summed E-state index contributed by atoms with van der Waals surface area (Å²) in [6, 6.07) is 0. The van der Waals surface area contributed by atoms with E-state index in [1.54, 1.807) is 6.92 Å². The molecule has 0 aromatic heterocycles. The van der Waals surface area contributed by atoms with Crippen LogP contribution in [0, 0.1) is 5.92 Å². The van der Waals surface area contributed by atoms with Gasteiger partial charge in [0.2, 0.25) is 0 Å². The van der Waals surface area contributed by atoms with Crippen molar-refractivity contribution in [1.29, 1.82) is 0 Å².